The minimum atomic E-state index is -2.71. The van der Waals surface area contributed by atoms with E-state index in [0.717, 1.165) is 16.9 Å². The molecule has 1 amide bonds. The van der Waals surface area contributed by atoms with Crippen LogP contribution < -0.4 is 0 Å². The van der Waals surface area contributed by atoms with Crippen molar-refractivity contribution in [3.05, 3.63) is 21.4 Å². The average Bonchev–Trinajstić information content (AvgIpc) is 2.80. The molecular formula is C12H15F2NOS. The third kappa shape index (κ3) is 2.49. The van der Waals surface area contributed by atoms with E-state index < -0.39 is 12.5 Å². The van der Waals surface area contributed by atoms with Gasteiger partial charge in [0.2, 0.25) is 0 Å². The summed E-state index contributed by atoms with van der Waals surface area (Å²) in [4.78, 5) is 15.0. The van der Waals surface area contributed by atoms with E-state index in [2.05, 4.69) is 0 Å². The summed E-state index contributed by atoms with van der Waals surface area (Å²) in [6, 6.07) is 1.83. The molecule has 1 fully saturated rings. The van der Waals surface area contributed by atoms with Crippen LogP contribution in [0.3, 0.4) is 0 Å². The Bertz CT molecular complexity index is 442. The maximum atomic E-state index is 13.0. The van der Waals surface area contributed by atoms with Crippen LogP contribution in [-0.4, -0.2) is 29.8 Å². The number of likely N-dealkylation sites (tertiary alicyclic amines) is 1. The number of aryl methyl sites for hydroxylation is 2. The molecule has 2 rings (SSSR count). The lowest BCUT2D eigenvalue weighted by atomic mass is 10.2. The minimum absolute atomic E-state index is 0.157. The maximum absolute atomic E-state index is 13.0. The largest absolute Gasteiger partial charge is 0.332 e. The van der Waals surface area contributed by atoms with Gasteiger partial charge in [-0.25, -0.2) is 8.78 Å². The third-order valence-electron chi connectivity index (χ3n) is 3.07. The molecule has 0 N–H and O–H groups in total. The molecule has 17 heavy (non-hydrogen) atoms. The number of nitrogens with zero attached hydrogens (tertiary/aromatic N) is 1. The van der Waals surface area contributed by atoms with Gasteiger partial charge in [0.15, 0.2) is 0 Å². The van der Waals surface area contributed by atoms with Gasteiger partial charge in [0, 0.05) is 17.8 Å². The number of rotatable bonds is 2. The van der Waals surface area contributed by atoms with Crippen molar-refractivity contribution in [3.63, 3.8) is 0 Å². The highest BCUT2D eigenvalue weighted by Crippen LogP contribution is 2.30. The van der Waals surface area contributed by atoms with Crippen LogP contribution in [0.15, 0.2) is 6.07 Å². The molecule has 1 aliphatic rings. The first-order chi connectivity index (χ1) is 7.93. The highest BCUT2D eigenvalue weighted by molar-refractivity contribution is 7.14. The Balaban J connectivity index is 2.15. The average molecular weight is 259 g/mol. The molecule has 5 heteroatoms. The highest BCUT2D eigenvalue weighted by atomic mass is 32.1. The van der Waals surface area contributed by atoms with Gasteiger partial charge in [0.1, 0.15) is 0 Å². The van der Waals surface area contributed by atoms with Gasteiger partial charge < -0.3 is 4.90 Å². The zero-order valence-corrected chi connectivity index (χ0v) is 10.7. The summed E-state index contributed by atoms with van der Waals surface area (Å²) < 4.78 is 26.1. The van der Waals surface area contributed by atoms with Gasteiger partial charge in [-0.15, -0.1) is 11.3 Å². The van der Waals surface area contributed by atoms with Crippen LogP contribution in [0.4, 0.5) is 8.78 Å². The van der Waals surface area contributed by atoms with Crippen LogP contribution in [0.25, 0.3) is 0 Å². The number of alkyl halides is 2. The molecule has 0 unspecified atom stereocenters. The van der Waals surface area contributed by atoms with Gasteiger partial charge in [0.25, 0.3) is 11.8 Å². The Kier molecular flexibility index (Phi) is 3.21. The van der Waals surface area contributed by atoms with E-state index in [-0.39, 0.29) is 18.9 Å². The van der Waals surface area contributed by atoms with Crippen LogP contribution in [0.5, 0.6) is 0 Å². The summed E-state index contributed by atoms with van der Waals surface area (Å²) in [7, 11) is 0. The molecule has 0 aromatic carbocycles. The van der Waals surface area contributed by atoms with E-state index in [9.17, 15) is 13.6 Å². The summed E-state index contributed by atoms with van der Waals surface area (Å²) in [6.45, 7) is 3.70. The van der Waals surface area contributed by atoms with Crippen molar-refractivity contribution in [2.75, 3.05) is 13.1 Å². The fraction of sp³-hybridized carbons (Fsp3) is 0.583. The number of carbonyl (C=O) groups is 1. The SMILES string of the molecule is CCc1cc(C(=O)N2CCC(F)(F)C2)sc1C. The maximum Gasteiger partial charge on any atom is 0.267 e. The Morgan fingerprint density at radius 3 is 2.76 bits per heavy atom. The zero-order valence-electron chi connectivity index (χ0n) is 9.93. The molecule has 1 aliphatic heterocycles. The van der Waals surface area contributed by atoms with Gasteiger partial charge in [-0.1, -0.05) is 6.92 Å². The van der Waals surface area contributed by atoms with E-state index in [1.807, 2.05) is 19.9 Å². The van der Waals surface area contributed by atoms with Crippen LogP contribution in [0.1, 0.15) is 33.5 Å². The number of hydrogen-bond donors (Lipinski definition) is 0. The second kappa shape index (κ2) is 4.37. The molecule has 0 atom stereocenters. The second-order valence-electron chi connectivity index (χ2n) is 4.38. The number of carbonyl (C=O) groups excluding carboxylic acids is 1. The standard InChI is InChI=1S/C12H15F2NOS/c1-3-9-6-10(17-8(9)2)11(16)15-5-4-12(13,14)7-15/h6H,3-5,7H2,1-2H3. The first kappa shape index (κ1) is 12.5. The lowest BCUT2D eigenvalue weighted by Gasteiger charge is -2.14. The van der Waals surface area contributed by atoms with Crippen LogP contribution in [0.2, 0.25) is 0 Å². The minimum Gasteiger partial charge on any atom is -0.332 e. The highest BCUT2D eigenvalue weighted by Gasteiger charge is 2.40. The van der Waals surface area contributed by atoms with Crippen LogP contribution >= 0.6 is 11.3 Å². The van der Waals surface area contributed by atoms with Gasteiger partial charge in [-0.2, -0.15) is 0 Å². The smallest absolute Gasteiger partial charge is 0.267 e. The van der Waals surface area contributed by atoms with E-state index in [1.54, 1.807) is 0 Å². The first-order valence-electron chi connectivity index (χ1n) is 5.69. The van der Waals surface area contributed by atoms with E-state index in [1.165, 1.54) is 16.2 Å². The topological polar surface area (TPSA) is 20.3 Å². The Morgan fingerprint density at radius 1 is 1.59 bits per heavy atom. The monoisotopic (exact) mass is 259 g/mol. The molecule has 0 radical (unpaired) electrons. The number of hydrogen-bond acceptors (Lipinski definition) is 2. The molecular weight excluding hydrogens is 244 g/mol. The molecule has 0 saturated carbocycles. The molecule has 2 heterocycles. The van der Waals surface area contributed by atoms with Crippen molar-refractivity contribution in [1.82, 2.24) is 4.90 Å². The van der Waals surface area contributed by atoms with Crippen molar-refractivity contribution in [1.29, 1.82) is 0 Å². The first-order valence-corrected chi connectivity index (χ1v) is 6.51. The Labute approximate surface area is 103 Å². The summed E-state index contributed by atoms with van der Waals surface area (Å²) >= 11 is 1.40. The fourth-order valence-corrected chi connectivity index (χ4v) is 3.12. The van der Waals surface area contributed by atoms with Crippen LogP contribution in [0, 0.1) is 6.92 Å². The van der Waals surface area contributed by atoms with Crippen molar-refractivity contribution in [3.8, 4) is 0 Å². The van der Waals surface area contributed by atoms with Crippen molar-refractivity contribution >= 4 is 17.2 Å². The molecule has 1 saturated heterocycles. The van der Waals surface area contributed by atoms with Crippen molar-refractivity contribution in [2.45, 2.75) is 32.6 Å². The summed E-state index contributed by atoms with van der Waals surface area (Å²) in [5.74, 6) is -2.97. The number of thiophene rings is 1. The zero-order chi connectivity index (χ0) is 12.6. The van der Waals surface area contributed by atoms with Gasteiger partial charge in [0.05, 0.1) is 11.4 Å². The Morgan fingerprint density at radius 2 is 2.29 bits per heavy atom. The summed E-state index contributed by atoms with van der Waals surface area (Å²) in [5.41, 5.74) is 1.13. The molecule has 0 bridgehead atoms. The molecule has 1 aromatic heterocycles. The van der Waals surface area contributed by atoms with Gasteiger partial charge >= 0.3 is 0 Å². The molecule has 0 aliphatic carbocycles. The molecule has 0 spiro atoms. The third-order valence-corrected chi connectivity index (χ3v) is 4.15. The van der Waals surface area contributed by atoms with Gasteiger partial charge in [-0.05, 0) is 25.0 Å². The Hall–Kier alpha value is -0.970. The van der Waals surface area contributed by atoms with E-state index >= 15 is 0 Å². The van der Waals surface area contributed by atoms with Crippen molar-refractivity contribution < 1.29 is 13.6 Å². The van der Waals surface area contributed by atoms with Crippen LogP contribution in [-0.2, 0) is 6.42 Å². The number of halogens is 2. The predicted octanol–water partition coefficient (Wildman–Crippen LogP) is 3.10. The van der Waals surface area contributed by atoms with Crippen molar-refractivity contribution in [2.24, 2.45) is 0 Å². The van der Waals surface area contributed by atoms with E-state index in [0.29, 0.717) is 4.88 Å². The normalized spacial score (nSPS) is 18.7. The molecule has 94 valence electrons. The van der Waals surface area contributed by atoms with E-state index in [4.69, 9.17) is 0 Å². The summed E-state index contributed by atoms with van der Waals surface area (Å²) in [5, 5.41) is 0. The lowest BCUT2D eigenvalue weighted by molar-refractivity contribution is 0.0121. The number of amides is 1. The van der Waals surface area contributed by atoms with Gasteiger partial charge in [-0.3, -0.25) is 4.79 Å². The summed E-state index contributed by atoms with van der Waals surface area (Å²) in [6.07, 6.45) is 0.648. The molecule has 2 nitrogen and oxygen atoms in total. The predicted molar refractivity (Wildman–Crippen MR) is 63.9 cm³/mol. The quantitative estimate of drug-likeness (QED) is 0.799. The lowest BCUT2D eigenvalue weighted by Crippen LogP contribution is -2.30. The fourth-order valence-electron chi connectivity index (χ4n) is 2.04. The second-order valence-corrected chi connectivity index (χ2v) is 5.63. The molecule has 1 aromatic rings.